The summed E-state index contributed by atoms with van der Waals surface area (Å²) in [6, 6.07) is 3.67. The van der Waals surface area contributed by atoms with Crippen molar-refractivity contribution >= 4 is 22.0 Å². The normalized spacial score (nSPS) is 12.5. The first-order valence-corrected chi connectivity index (χ1v) is 6.52. The van der Waals surface area contributed by atoms with E-state index in [1.807, 2.05) is 0 Å². The molecular weight excluding hydrogens is 276 g/mol. The molecule has 0 aliphatic heterocycles. The Morgan fingerprint density at radius 1 is 1.32 bits per heavy atom. The fourth-order valence-corrected chi connectivity index (χ4v) is 2.02. The van der Waals surface area contributed by atoms with E-state index >= 15 is 0 Å². The molecule has 19 heavy (non-hydrogen) atoms. The fourth-order valence-electron chi connectivity index (χ4n) is 1.14. The van der Waals surface area contributed by atoms with E-state index in [1.165, 1.54) is 19.1 Å². The van der Waals surface area contributed by atoms with Crippen LogP contribution in [0.1, 0.15) is 6.92 Å². The Bertz CT molecular complexity index is 581. The van der Waals surface area contributed by atoms with Crippen molar-refractivity contribution in [3.05, 3.63) is 24.3 Å². The number of rotatable bonds is 5. The smallest absolute Gasteiger partial charge is 0.344 e. The summed E-state index contributed by atoms with van der Waals surface area (Å²) in [6.45, 7) is 1.33. The second kappa shape index (κ2) is 5.57. The van der Waals surface area contributed by atoms with Crippen molar-refractivity contribution in [1.82, 2.24) is 4.72 Å². The van der Waals surface area contributed by atoms with Crippen molar-refractivity contribution in [3.63, 3.8) is 0 Å². The summed E-state index contributed by atoms with van der Waals surface area (Å²) in [4.78, 5) is 20.9. The van der Waals surface area contributed by atoms with Gasteiger partial charge in [-0.15, -0.1) is 0 Å². The van der Waals surface area contributed by atoms with Gasteiger partial charge in [0.05, 0.1) is 4.90 Å². The molecule has 1 unspecified atom stereocenters. The summed E-state index contributed by atoms with van der Waals surface area (Å²) >= 11 is 0. The lowest BCUT2D eigenvalue weighted by molar-refractivity contribution is -0.144. The summed E-state index contributed by atoms with van der Waals surface area (Å²) in [7, 11) is -4.02. The monoisotopic (exact) mass is 288 g/mol. The third-order valence-electron chi connectivity index (χ3n) is 2.03. The van der Waals surface area contributed by atoms with Gasteiger partial charge < -0.3 is 15.6 Å². The molecule has 0 bridgehead atoms. The number of carbonyl (C=O) groups excluding carboxylic acids is 1. The minimum atomic E-state index is -4.02. The molecule has 1 rings (SSSR count). The summed E-state index contributed by atoms with van der Waals surface area (Å²) in [5, 5.41) is 8.64. The minimum Gasteiger partial charge on any atom is -0.479 e. The van der Waals surface area contributed by atoms with Crippen molar-refractivity contribution < 1.29 is 27.9 Å². The van der Waals surface area contributed by atoms with Crippen LogP contribution >= 0.6 is 0 Å². The van der Waals surface area contributed by atoms with Gasteiger partial charge in [-0.05, 0) is 31.2 Å². The number of primary amides is 1. The largest absolute Gasteiger partial charge is 0.479 e. The van der Waals surface area contributed by atoms with Gasteiger partial charge in [-0.3, -0.25) is 0 Å². The highest BCUT2D eigenvalue weighted by Gasteiger charge is 2.17. The van der Waals surface area contributed by atoms with E-state index in [9.17, 15) is 18.0 Å². The molecule has 0 saturated heterocycles. The van der Waals surface area contributed by atoms with Crippen molar-refractivity contribution in [1.29, 1.82) is 0 Å². The van der Waals surface area contributed by atoms with E-state index in [0.717, 1.165) is 12.1 Å². The zero-order valence-electron chi connectivity index (χ0n) is 9.86. The fraction of sp³-hybridized carbons (Fsp3) is 0.200. The van der Waals surface area contributed by atoms with Crippen molar-refractivity contribution in [2.24, 2.45) is 5.73 Å². The minimum absolute atomic E-state index is 0.188. The Balaban J connectivity index is 2.88. The predicted octanol–water partition coefficient (Wildman–Crippen LogP) is -0.104. The van der Waals surface area contributed by atoms with E-state index in [2.05, 4.69) is 0 Å². The highest BCUT2D eigenvalue weighted by atomic mass is 32.2. The SMILES string of the molecule is CC(Oc1ccc(S(=O)(=O)NC(N)=O)cc1)C(=O)O. The van der Waals surface area contributed by atoms with Crippen molar-refractivity contribution in [2.45, 2.75) is 17.9 Å². The number of carboxylic acids is 1. The standard InChI is InChI=1S/C10H12N2O6S/c1-6(9(13)14)18-7-2-4-8(5-3-7)19(16,17)12-10(11)15/h2-6H,1H3,(H,13,14)(H3,11,12,15). The quantitative estimate of drug-likeness (QED) is 0.692. The molecule has 8 nitrogen and oxygen atoms in total. The Labute approximate surface area is 109 Å². The van der Waals surface area contributed by atoms with Crippen LogP contribution in [-0.2, 0) is 14.8 Å². The molecule has 0 aliphatic rings. The average Bonchev–Trinajstić information content (AvgIpc) is 2.27. The molecule has 0 radical (unpaired) electrons. The summed E-state index contributed by atoms with van der Waals surface area (Å²) < 4.78 is 29.7. The molecule has 0 spiro atoms. The molecular formula is C10H12N2O6S. The molecule has 104 valence electrons. The van der Waals surface area contributed by atoms with Crippen LogP contribution in [0.15, 0.2) is 29.2 Å². The molecule has 4 N–H and O–H groups in total. The zero-order chi connectivity index (χ0) is 14.6. The number of nitrogens with two attached hydrogens (primary N) is 1. The molecule has 1 aromatic rings. The van der Waals surface area contributed by atoms with Crippen LogP contribution < -0.4 is 15.2 Å². The topological polar surface area (TPSA) is 136 Å². The molecule has 2 amide bonds. The van der Waals surface area contributed by atoms with Gasteiger partial charge in [0.25, 0.3) is 10.0 Å². The van der Waals surface area contributed by atoms with Crippen LogP contribution in [0.3, 0.4) is 0 Å². The summed E-state index contributed by atoms with van der Waals surface area (Å²) in [5.41, 5.74) is 4.73. The highest BCUT2D eigenvalue weighted by molar-refractivity contribution is 7.90. The first-order valence-electron chi connectivity index (χ1n) is 5.04. The number of sulfonamides is 1. The van der Waals surface area contributed by atoms with Gasteiger partial charge >= 0.3 is 12.0 Å². The van der Waals surface area contributed by atoms with E-state index in [0.29, 0.717) is 0 Å². The van der Waals surface area contributed by atoms with Crippen LogP contribution in [-0.4, -0.2) is 31.6 Å². The molecule has 1 aromatic carbocycles. The lowest BCUT2D eigenvalue weighted by Gasteiger charge is -2.10. The Morgan fingerprint density at radius 3 is 2.26 bits per heavy atom. The van der Waals surface area contributed by atoms with E-state index < -0.39 is 28.1 Å². The van der Waals surface area contributed by atoms with Gasteiger partial charge in [-0.25, -0.2) is 22.7 Å². The van der Waals surface area contributed by atoms with Gasteiger partial charge in [-0.1, -0.05) is 0 Å². The number of nitrogens with one attached hydrogen (secondary N) is 1. The van der Waals surface area contributed by atoms with Crippen LogP contribution in [0, 0.1) is 0 Å². The predicted molar refractivity (Wildman–Crippen MR) is 64.1 cm³/mol. The number of urea groups is 1. The number of aliphatic carboxylic acids is 1. The van der Waals surface area contributed by atoms with Crippen LogP contribution in [0.5, 0.6) is 5.75 Å². The third-order valence-corrected chi connectivity index (χ3v) is 3.39. The average molecular weight is 288 g/mol. The summed E-state index contributed by atoms with van der Waals surface area (Å²) in [5.74, 6) is -0.958. The second-order valence-corrected chi connectivity index (χ2v) is 5.22. The Hall–Kier alpha value is -2.29. The lowest BCUT2D eigenvalue weighted by atomic mass is 10.3. The molecule has 9 heteroatoms. The van der Waals surface area contributed by atoms with E-state index in [1.54, 1.807) is 4.72 Å². The van der Waals surface area contributed by atoms with Crippen LogP contribution in [0.4, 0.5) is 4.79 Å². The zero-order valence-corrected chi connectivity index (χ0v) is 10.7. The number of carboxylic acid groups (broad SMARTS) is 1. The molecule has 0 aliphatic carbocycles. The molecule has 1 atom stereocenters. The lowest BCUT2D eigenvalue weighted by Crippen LogP contribution is -2.34. The number of carbonyl (C=O) groups is 2. The van der Waals surface area contributed by atoms with Gasteiger partial charge in [0, 0.05) is 0 Å². The Morgan fingerprint density at radius 2 is 1.84 bits per heavy atom. The van der Waals surface area contributed by atoms with E-state index in [4.69, 9.17) is 15.6 Å². The maximum atomic E-state index is 11.5. The number of ether oxygens (including phenoxy) is 1. The van der Waals surface area contributed by atoms with Gasteiger partial charge in [0.1, 0.15) is 5.75 Å². The molecule has 0 saturated carbocycles. The van der Waals surface area contributed by atoms with Crippen LogP contribution in [0.25, 0.3) is 0 Å². The maximum absolute atomic E-state index is 11.5. The number of hydrogen-bond acceptors (Lipinski definition) is 5. The molecule has 0 heterocycles. The summed E-state index contributed by atoms with van der Waals surface area (Å²) in [6.07, 6.45) is -1.06. The second-order valence-electron chi connectivity index (χ2n) is 3.54. The van der Waals surface area contributed by atoms with Crippen molar-refractivity contribution in [3.8, 4) is 5.75 Å². The van der Waals surface area contributed by atoms with Gasteiger partial charge in [0.15, 0.2) is 6.10 Å². The van der Waals surface area contributed by atoms with Gasteiger partial charge in [-0.2, -0.15) is 0 Å². The van der Waals surface area contributed by atoms with E-state index in [-0.39, 0.29) is 10.6 Å². The first-order chi connectivity index (χ1) is 8.72. The maximum Gasteiger partial charge on any atom is 0.344 e. The van der Waals surface area contributed by atoms with Gasteiger partial charge in [0.2, 0.25) is 0 Å². The van der Waals surface area contributed by atoms with Crippen LogP contribution in [0.2, 0.25) is 0 Å². The Kier molecular flexibility index (Phi) is 4.33. The third kappa shape index (κ3) is 4.14. The molecule has 0 fully saturated rings. The first kappa shape index (κ1) is 14.8. The number of amides is 2. The molecule has 0 aromatic heterocycles. The number of hydrogen-bond donors (Lipinski definition) is 3. The number of benzene rings is 1. The van der Waals surface area contributed by atoms with Crippen molar-refractivity contribution in [2.75, 3.05) is 0 Å². The highest BCUT2D eigenvalue weighted by Crippen LogP contribution is 2.17.